The number of benzene rings is 1. The summed E-state index contributed by atoms with van der Waals surface area (Å²) >= 11 is 0. The first kappa shape index (κ1) is 19.9. The standard InChI is InChI=1S/C20H31FN4O2/c1-4-22-19(23-13-20(2)14-27-15-20)25-9-7-24(8-10-25)12-16-5-6-18(26-3)17(21)11-16/h5-6,11H,4,7-10,12-15H2,1-3H3,(H,22,23). The molecule has 2 fully saturated rings. The minimum absolute atomic E-state index is 0.181. The molecule has 3 rings (SSSR count). The van der Waals surface area contributed by atoms with Crippen LogP contribution < -0.4 is 10.1 Å². The van der Waals surface area contributed by atoms with Gasteiger partial charge in [0, 0.05) is 44.7 Å². The summed E-state index contributed by atoms with van der Waals surface area (Å²) < 4.78 is 24.2. The van der Waals surface area contributed by atoms with Crippen LogP contribution in [0, 0.1) is 11.2 Å². The van der Waals surface area contributed by atoms with Gasteiger partial charge in [-0.15, -0.1) is 0 Å². The average molecular weight is 378 g/mol. The van der Waals surface area contributed by atoms with Crippen molar-refractivity contribution < 1.29 is 13.9 Å². The lowest BCUT2D eigenvalue weighted by Gasteiger charge is -2.39. The van der Waals surface area contributed by atoms with Crippen LogP contribution in [0.3, 0.4) is 0 Å². The number of piperazine rings is 1. The second-order valence-electron chi connectivity index (χ2n) is 7.71. The van der Waals surface area contributed by atoms with Gasteiger partial charge in [0.05, 0.1) is 26.9 Å². The summed E-state index contributed by atoms with van der Waals surface area (Å²) in [6.07, 6.45) is 0. The Kier molecular flexibility index (Phi) is 6.55. The maximum Gasteiger partial charge on any atom is 0.194 e. The van der Waals surface area contributed by atoms with Gasteiger partial charge in [0.1, 0.15) is 0 Å². The van der Waals surface area contributed by atoms with Crippen molar-refractivity contribution in [2.24, 2.45) is 10.4 Å². The molecule has 1 aromatic carbocycles. The van der Waals surface area contributed by atoms with Crippen molar-refractivity contribution >= 4 is 5.96 Å². The minimum Gasteiger partial charge on any atom is -0.494 e. The molecule has 2 heterocycles. The van der Waals surface area contributed by atoms with E-state index in [0.29, 0.717) is 5.75 Å². The molecule has 1 aromatic rings. The van der Waals surface area contributed by atoms with Crippen LogP contribution in [0.5, 0.6) is 5.75 Å². The Hall–Kier alpha value is -1.86. The van der Waals surface area contributed by atoms with E-state index in [0.717, 1.165) is 70.6 Å². The van der Waals surface area contributed by atoms with Gasteiger partial charge < -0.3 is 19.7 Å². The molecule has 0 aromatic heterocycles. The SMILES string of the molecule is CCNC(=NCC1(C)COC1)N1CCN(Cc2ccc(OC)c(F)c2)CC1. The Balaban J connectivity index is 1.53. The van der Waals surface area contributed by atoms with E-state index >= 15 is 0 Å². The largest absolute Gasteiger partial charge is 0.494 e. The second-order valence-corrected chi connectivity index (χ2v) is 7.71. The molecule has 0 atom stereocenters. The lowest BCUT2D eigenvalue weighted by molar-refractivity contribution is -0.0946. The third-order valence-corrected chi connectivity index (χ3v) is 5.14. The highest BCUT2D eigenvalue weighted by Gasteiger charge is 2.33. The number of nitrogens with one attached hydrogen (secondary N) is 1. The van der Waals surface area contributed by atoms with Gasteiger partial charge in [0.15, 0.2) is 17.5 Å². The Bertz CT molecular complexity index is 655. The summed E-state index contributed by atoms with van der Waals surface area (Å²) in [6, 6.07) is 5.20. The molecular formula is C20H31FN4O2. The van der Waals surface area contributed by atoms with E-state index in [4.69, 9.17) is 14.5 Å². The van der Waals surface area contributed by atoms with Gasteiger partial charge in [-0.25, -0.2) is 4.39 Å². The summed E-state index contributed by atoms with van der Waals surface area (Å²) in [5.74, 6) is 0.977. The van der Waals surface area contributed by atoms with E-state index in [2.05, 4.69) is 29.0 Å². The van der Waals surface area contributed by atoms with Crippen LogP contribution >= 0.6 is 0 Å². The molecule has 6 nitrogen and oxygen atoms in total. The molecule has 1 N–H and O–H groups in total. The summed E-state index contributed by atoms with van der Waals surface area (Å²) in [5.41, 5.74) is 1.15. The van der Waals surface area contributed by atoms with Gasteiger partial charge in [-0.3, -0.25) is 9.89 Å². The van der Waals surface area contributed by atoms with Crippen molar-refractivity contribution in [2.75, 3.05) is 59.6 Å². The number of halogens is 1. The third-order valence-electron chi connectivity index (χ3n) is 5.14. The molecule has 0 amide bonds. The Morgan fingerprint density at radius 1 is 1.30 bits per heavy atom. The van der Waals surface area contributed by atoms with Gasteiger partial charge in [0.2, 0.25) is 0 Å². The number of guanidine groups is 1. The number of methoxy groups -OCH3 is 1. The number of rotatable bonds is 6. The topological polar surface area (TPSA) is 49.3 Å². The number of ether oxygens (including phenoxy) is 2. The zero-order valence-electron chi connectivity index (χ0n) is 16.6. The summed E-state index contributed by atoms with van der Waals surface area (Å²) in [6.45, 7) is 12.0. The van der Waals surface area contributed by atoms with Gasteiger partial charge in [-0.05, 0) is 24.6 Å². The maximum absolute atomic E-state index is 13.9. The molecule has 7 heteroatoms. The van der Waals surface area contributed by atoms with Crippen molar-refractivity contribution in [1.82, 2.24) is 15.1 Å². The van der Waals surface area contributed by atoms with Crippen LogP contribution in [0.2, 0.25) is 0 Å². The van der Waals surface area contributed by atoms with Crippen LogP contribution in [-0.2, 0) is 11.3 Å². The quantitative estimate of drug-likeness (QED) is 0.606. The van der Waals surface area contributed by atoms with Gasteiger partial charge in [0.25, 0.3) is 0 Å². The molecule has 2 aliphatic rings. The molecule has 0 spiro atoms. The fraction of sp³-hybridized carbons (Fsp3) is 0.650. The second kappa shape index (κ2) is 8.89. The predicted octanol–water partition coefficient (Wildman–Crippen LogP) is 1.95. The van der Waals surface area contributed by atoms with E-state index in [1.165, 1.54) is 7.11 Å². The van der Waals surface area contributed by atoms with Gasteiger partial charge in [-0.1, -0.05) is 13.0 Å². The van der Waals surface area contributed by atoms with E-state index in [1.54, 1.807) is 12.1 Å². The van der Waals surface area contributed by atoms with Crippen molar-refractivity contribution in [2.45, 2.75) is 20.4 Å². The van der Waals surface area contributed by atoms with Crippen molar-refractivity contribution in [1.29, 1.82) is 0 Å². The smallest absolute Gasteiger partial charge is 0.194 e. The summed E-state index contributed by atoms with van der Waals surface area (Å²) in [5, 5.41) is 3.41. The monoisotopic (exact) mass is 378 g/mol. The molecule has 0 unspecified atom stereocenters. The number of hydrogen-bond donors (Lipinski definition) is 1. The van der Waals surface area contributed by atoms with Crippen LogP contribution in [0.25, 0.3) is 0 Å². The Morgan fingerprint density at radius 2 is 2.04 bits per heavy atom. The van der Waals surface area contributed by atoms with E-state index in [1.807, 2.05) is 6.07 Å². The molecule has 150 valence electrons. The first-order valence-corrected chi connectivity index (χ1v) is 9.69. The van der Waals surface area contributed by atoms with E-state index in [9.17, 15) is 4.39 Å². The molecule has 0 saturated carbocycles. The van der Waals surface area contributed by atoms with Crippen LogP contribution in [-0.4, -0.2) is 75.4 Å². The molecule has 2 saturated heterocycles. The average Bonchev–Trinajstić information content (AvgIpc) is 2.64. The maximum atomic E-state index is 13.9. The normalized spacial score (nSPS) is 20.3. The number of hydrogen-bond acceptors (Lipinski definition) is 4. The summed E-state index contributed by atoms with van der Waals surface area (Å²) in [4.78, 5) is 9.51. The molecule has 0 aliphatic carbocycles. The Morgan fingerprint density at radius 3 is 2.59 bits per heavy atom. The van der Waals surface area contributed by atoms with E-state index < -0.39 is 0 Å². The van der Waals surface area contributed by atoms with Crippen molar-refractivity contribution in [3.05, 3.63) is 29.6 Å². The third kappa shape index (κ3) is 5.11. The fourth-order valence-electron chi connectivity index (χ4n) is 3.42. The van der Waals surface area contributed by atoms with Crippen molar-refractivity contribution in [3.8, 4) is 5.75 Å². The highest BCUT2D eigenvalue weighted by atomic mass is 19.1. The predicted molar refractivity (Wildman–Crippen MR) is 105 cm³/mol. The first-order chi connectivity index (χ1) is 13.0. The number of nitrogens with zero attached hydrogens (tertiary/aromatic N) is 3. The van der Waals surface area contributed by atoms with E-state index in [-0.39, 0.29) is 11.2 Å². The first-order valence-electron chi connectivity index (χ1n) is 9.69. The molecular weight excluding hydrogens is 347 g/mol. The van der Waals surface area contributed by atoms with Gasteiger partial charge >= 0.3 is 0 Å². The fourth-order valence-corrected chi connectivity index (χ4v) is 3.42. The highest BCUT2D eigenvalue weighted by Crippen LogP contribution is 2.26. The minimum atomic E-state index is -0.302. The van der Waals surface area contributed by atoms with Crippen LogP contribution in [0.1, 0.15) is 19.4 Å². The number of aliphatic imine (C=N–C) groups is 1. The summed E-state index contributed by atoms with van der Waals surface area (Å²) in [7, 11) is 1.49. The molecule has 0 bridgehead atoms. The molecule has 2 aliphatic heterocycles. The van der Waals surface area contributed by atoms with Crippen molar-refractivity contribution in [3.63, 3.8) is 0 Å². The van der Waals surface area contributed by atoms with Crippen LogP contribution in [0.15, 0.2) is 23.2 Å². The van der Waals surface area contributed by atoms with Crippen LogP contribution in [0.4, 0.5) is 4.39 Å². The zero-order valence-corrected chi connectivity index (χ0v) is 16.6. The zero-order chi connectivity index (χ0) is 19.3. The highest BCUT2D eigenvalue weighted by molar-refractivity contribution is 5.80. The lowest BCUT2D eigenvalue weighted by atomic mass is 9.89. The van der Waals surface area contributed by atoms with Gasteiger partial charge in [-0.2, -0.15) is 0 Å². The molecule has 27 heavy (non-hydrogen) atoms. The molecule has 0 radical (unpaired) electrons. The lowest BCUT2D eigenvalue weighted by Crippen LogP contribution is -2.52. The Labute approximate surface area is 161 Å².